The number of amides is 1. The first-order chi connectivity index (χ1) is 9.20. The van der Waals surface area contributed by atoms with Gasteiger partial charge in [-0.2, -0.15) is 0 Å². The number of nitrogens with one attached hydrogen (secondary N) is 1. The number of rotatable bonds is 4. The molecule has 1 atom stereocenters. The third kappa shape index (κ3) is 4.11. The molecule has 2 rings (SSSR count). The minimum atomic E-state index is -0.0242. The molecule has 0 spiro atoms. The quantitative estimate of drug-likeness (QED) is 0.807. The van der Waals surface area contributed by atoms with E-state index in [9.17, 15) is 4.79 Å². The van der Waals surface area contributed by atoms with Crippen LogP contribution in [0.4, 0.5) is 0 Å². The minimum absolute atomic E-state index is 0.0242. The Morgan fingerprint density at radius 3 is 3.00 bits per heavy atom. The van der Waals surface area contributed by atoms with Gasteiger partial charge in [0.05, 0.1) is 6.54 Å². The van der Waals surface area contributed by atoms with Gasteiger partial charge in [0.25, 0.3) is 5.91 Å². The Morgan fingerprint density at radius 1 is 1.53 bits per heavy atom. The lowest BCUT2D eigenvalue weighted by atomic mass is 10.1. The molecule has 0 aromatic heterocycles. The Balaban J connectivity index is 1.94. The third-order valence-electron chi connectivity index (χ3n) is 3.47. The van der Waals surface area contributed by atoms with Crippen molar-refractivity contribution in [1.29, 1.82) is 0 Å². The molecule has 3 N–H and O–H groups in total. The summed E-state index contributed by atoms with van der Waals surface area (Å²) in [6, 6.07) is 7.34. The van der Waals surface area contributed by atoms with Crippen LogP contribution in [0, 0.1) is 23.7 Å². The second-order valence-corrected chi connectivity index (χ2v) is 5.11. The Labute approximate surface area is 114 Å². The average molecular weight is 256 g/mol. The highest BCUT2D eigenvalue weighted by molar-refractivity contribution is 5.94. The fourth-order valence-electron chi connectivity index (χ4n) is 2.08. The van der Waals surface area contributed by atoms with Crippen molar-refractivity contribution in [3.05, 3.63) is 35.4 Å². The van der Waals surface area contributed by atoms with Gasteiger partial charge in [-0.1, -0.05) is 24.8 Å². The minimum Gasteiger partial charge on any atom is -0.352 e. The van der Waals surface area contributed by atoms with Crippen molar-refractivity contribution >= 4 is 5.91 Å². The zero-order valence-electron chi connectivity index (χ0n) is 11.3. The number of hydrogen-bond donors (Lipinski definition) is 2. The number of carbonyl (C=O) groups excluding carboxylic acids is 1. The summed E-state index contributed by atoms with van der Waals surface area (Å²) in [7, 11) is 0. The molecular formula is C16H20N2O. The van der Waals surface area contributed by atoms with E-state index in [4.69, 9.17) is 5.73 Å². The molecule has 1 saturated carbocycles. The van der Waals surface area contributed by atoms with E-state index in [2.05, 4.69) is 24.1 Å². The molecule has 0 bridgehead atoms. The summed E-state index contributed by atoms with van der Waals surface area (Å²) in [5.41, 5.74) is 6.82. The average Bonchev–Trinajstić information content (AvgIpc) is 3.27. The lowest BCUT2D eigenvalue weighted by molar-refractivity contribution is 0.0946. The summed E-state index contributed by atoms with van der Waals surface area (Å²) in [4.78, 5) is 12.0. The zero-order chi connectivity index (χ0) is 13.7. The summed E-state index contributed by atoms with van der Waals surface area (Å²) in [6.07, 6.45) is 2.61. The van der Waals surface area contributed by atoms with Crippen LogP contribution in [0.5, 0.6) is 0 Å². The summed E-state index contributed by atoms with van der Waals surface area (Å²) in [6.45, 7) is 3.28. The highest BCUT2D eigenvalue weighted by atomic mass is 16.1. The van der Waals surface area contributed by atoms with Crippen molar-refractivity contribution in [1.82, 2.24) is 5.32 Å². The van der Waals surface area contributed by atoms with Crippen molar-refractivity contribution in [2.24, 2.45) is 17.6 Å². The highest BCUT2D eigenvalue weighted by Gasteiger charge is 2.27. The van der Waals surface area contributed by atoms with Gasteiger partial charge in [0.15, 0.2) is 0 Å². The van der Waals surface area contributed by atoms with Crippen LogP contribution in [0.25, 0.3) is 0 Å². The molecular weight excluding hydrogens is 236 g/mol. The van der Waals surface area contributed by atoms with Crippen molar-refractivity contribution in [2.75, 3.05) is 13.1 Å². The number of carbonyl (C=O) groups is 1. The van der Waals surface area contributed by atoms with Crippen LogP contribution in [-0.2, 0) is 0 Å². The van der Waals surface area contributed by atoms with E-state index in [0.29, 0.717) is 18.0 Å². The monoisotopic (exact) mass is 256 g/mol. The normalized spacial score (nSPS) is 15.3. The maximum atomic E-state index is 12.0. The molecule has 1 aliphatic carbocycles. The van der Waals surface area contributed by atoms with Crippen LogP contribution in [-0.4, -0.2) is 19.0 Å². The molecule has 1 fully saturated rings. The van der Waals surface area contributed by atoms with Crippen LogP contribution < -0.4 is 11.1 Å². The number of nitrogens with two attached hydrogens (primary N) is 1. The van der Waals surface area contributed by atoms with Crippen LogP contribution in [0.1, 0.15) is 35.7 Å². The summed E-state index contributed by atoms with van der Waals surface area (Å²) >= 11 is 0. The van der Waals surface area contributed by atoms with E-state index in [-0.39, 0.29) is 5.91 Å². The van der Waals surface area contributed by atoms with Crippen molar-refractivity contribution in [2.45, 2.75) is 19.8 Å². The fourth-order valence-corrected chi connectivity index (χ4v) is 2.08. The number of benzene rings is 1. The van der Waals surface area contributed by atoms with Gasteiger partial charge in [0.1, 0.15) is 0 Å². The van der Waals surface area contributed by atoms with Gasteiger partial charge in [0.2, 0.25) is 0 Å². The van der Waals surface area contributed by atoms with Gasteiger partial charge >= 0.3 is 0 Å². The second-order valence-electron chi connectivity index (χ2n) is 5.11. The number of hydrogen-bond acceptors (Lipinski definition) is 2. The predicted molar refractivity (Wildman–Crippen MR) is 76.6 cm³/mol. The van der Waals surface area contributed by atoms with Gasteiger partial charge in [-0.05, 0) is 42.9 Å². The topological polar surface area (TPSA) is 55.1 Å². The van der Waals surface area contributed by atoms with Crippen LogP contribution >= 0.6 is 0 Å². The molecule has 1 unspecified atom stereocenters. The first kappa shape index (κ1) is 13.6. The van der Waals surface area contributed by atoms with Crippen LogP contribution in [0.15, 0.2) is 24.3 Å². The Hall–Kier alpha value is -1.79. The molecule has 0 aliphatic heterocycles. The molecule has 3 heteroatoms. The SMILES string of the molecule is CC(CNC(=O)c1cccc(C#CCN)c1)C1CC1. The smallest absolute Gasteiger partial charge is 0.251 e. The molecule has 1 aromatic rings. The fraction of sp³-hybridized carbons (Fsp3) is 0.438. The molecule has 19 heavy (non-hydrogen) atoms. The summed E-state index contributed by atoms with van der Waals surface area (Å²) in [5.74, 6) is 7.08. The van der Waals surface area contributed by atoms with E-state index in [1.54, 1.807) is 6.07 Å². The lowest BCUT2D eigenvalue weighted by Crippen LogP contribution is -2.29. The van der Waals surface area contributed by atoms with Crippen molar-refractivity contribution < 1.29 is 4.79 Å². The van der Waals surface area contributed by atoms with Crippen LogP contribution in [0.3, 0.4) is 0 Å². The Bertz CT molecular complexity index is 509. The molecule has 100 valence electrons. The first-order valence-corrected chi connectivity index (χ1v) is 6.78. The molecule has 0 heterocycles. The Kier molecular flexibility index (Phi) is 4.59. The molecule has 0 saturated heterocycles. The van der Waals surface area contributed by atoms with E-state index < -0.39 is 0 Å². The first-order valence-electron chi connectivity index (χ1n) is 6.78. The van der Waals surface area contributed by atoms with Gasteiger partial charge in [-0.3, -0.25) is 4.79 Å². The standard InChI is InChI=1S/C16H20N2O/c1-12(14-7-8-14)11-18-16(19)15-6-2-4-13(10-15)5-3-9-17/h2,4,6,10,12,14H,7-9,11,17H2,1H3,(H,18,19). The highest BCUT2D eigenvalue weighted by Crippen LogP contribution is 2.36. The second kappa shape index (κ2) is 6.40. The van der Waals surface area contributed by atoms with Gasteiger partial charge in [0, 0.05) is 17.7 Å². The molecule has 3 nitrogen and oxygen atoms in total. The van der Waals surface area contributed by atoms with E-state index >= 15 is 0 Å². The Morgan fingerprint density at radius 2 is 2.32 bits per heavy atom. The van der Waals surface area contributed by atoms with Gasteiger partial charge < -0.3 is 11.1 Å². The summed E-state index contributed by atoms with van der Waals surface area (Å²) in [5, 5.41) is 2.99. The lowest BCUT2D eigenvalue weighted by Gasteiger charge is -2.11. The third-order valence-corrected chi connectivity index (χ3v) is 3.47. The largest absolute Gasteiger partial charge is 0.352 e. The van der Waals surface area contributed by atoms with Crippen molar-refractivity contribution in [3.63, 3.8) is 0 Å². The van der Waals surface area contributed by atoms with E-state index in [1.165, 1.54) is 12.8 Å². The van der Waals surface area contributed by atoms with Gasteiger partial charge in [-0.15, -0.1) is 0 Å². The van der Waals surface area contributed by atoms with E-state index in [0.717, 1.165) is 18.0 Å². The molecule has 1 amide bonds. The summed E-state index contributed by atoms with van der Waals surface area (Å²) < 4.78 is 0. The van der Waals surface area contributed by atoms with E-state index in [1.807, 2.05) is 18.2 Å². The predicted octanol–water partition coefficient (Wildman–Crippen LogP) is 1.77. The maximum absolute atomic E-state index is 12.0. The maximum Gasteiger partial charge on any atom is 0.251 e. The van der Waals surface area contributed by atoms with Crippen LogP contribution in [0.2, 0.25) is 0 Å². The zero-order valence-corrected chi connectivity index (χ0v) is 11.3. The molecule has 0 radical (unpaired) electrons. The molecule has 1 aromatic carbocycles. The van der Waals surface area contributed by atoms with Crippen molar-refractivity contribution in [3.8, 4) is 11.8 Å². The molecule has 1 aliphatic rings. The van der Waals surface area contributed by atoms with Gasteiger partial charge in [-0.25, -0.2) is 0 Å².